The fourth-order valence-electron chi connectivity index (χ4n) is 1.74. The molecule has 0 aliphatic rings. The maximum absolute atomic E-state index is 13.1. The molecule has 21 heavy (non-hydrogen) atoms. The second kappa shape index (κ2) is 6.58. The van der Waals surface area contributed by atoms with Crippen LogP contribution >= 0.6 is 15.9 Å². The Kier molecular flexibility index (Phi) is 4.80. The predicted octanol–water partition coefficient (Wildman–Crippen LogP) is 4.09. The van der Waals surface area contributed by atoms with Gasteiger partial charge in [0, 0.05) is 4.47 Å². The normalized spacial score (nSPS) is 10.2. The van der Waals surface area contributed by atoms with Crippen LogP contribution in [0.15, 0.2) is 40.9 Å². The first-order valence-corrected chi connectivity index (χ1v) is 7.09. The fraction of sp³-hybridized carbons (Fsp3) is 0.133. The SMILES string of the molecule is CCOC(=O)c1ccc(N)c(Nc2ccc(F)cc2Br)c1. The zero-order chi connectivity index (χ0) is 15.4. The predicted molar refractivity (Wildman–Crippen MR) is 84.2 cm³/mol. The molecule has 2 aromatic rings. The maximum Gasteiger partial charge on any atom is 0.338 e. The number of nitrogens with two attached hydrogens (primary N) is 1. The van der Waals surface area contributed by atoms with Gasteiger partial charge in [0.15, 0.2) is 0 Å². The third-order valence-corrected chi connectivity index (χ3v) is 3.42. The van der Waals surface area contributed by atoms with Crippen LogP contribution in [0.3, 0.4) is 0 Å². The van der Waals surface area contributed by atoms with E-state index >= 15 is 0 Å². The van der Waals surface area contributed by atoms with E-state index in [0.717, 1.165) is 0 Å². The van der Waals surface area contributed by atoms with E-state index in [9.17, 15) is 9.18 Å². The minimum Gasteiger partial charge on any atom is -0.462 e. The van der Waals surface area contributed by atoms with Crippen molar-refractivity contribution in [2.75, 3.05) is 17.7 Å². The van der Waals surface area contributed by atoms with Crippen molar-refractivity contribution in [3.05, 3.63) is 52.3 Å². The summed E-state index contributed by atoms with van der Waals surface area (Å²) in [5.41, 5.74) is 7.95. The minimum atomic E-state index is -0.418. The molecule has 0 aliphatic heterocycles. The Balaban J connectivity index is 2.30. The molecule has 0 fully saturated rings. The van der Waals surface area contributed by atoms with Gasteiger partial charge in [-0.2, -0.15) is 0 Å². The van der Waals surface area contributed by atoms with Crippen molar-refractivity contribution in [2.24, 2.45) is 0 Å². The highest BCUT2D eigenvalue weighted by molar-refractivity contribution is 9.10. The van der Waals surface area contributed by atoms with Crippen LogP contribution in [0.2, 0.25) is 0 Å². The number of carbonyl (C=O) groups is 1. The number of anilines is 3. The highest BCUT2D eigenvalue weighted by Crippen LogP contribution is 2.30. The van der Waals surface area contributed by atoms with Crippen LogP contribution in [0.1, 0.15) is 17.3 Å². The summed E-state index contributed by atoms with van der Waals surface area (Å²) in [5, 5.41) is 3.06. The average molecular weight is 353 g/mol. The number of ether oxygens (including phenoxy) is 1. The first-order chi connectivity index (χ1) is 10.0. The monoisotopic (exact) mass is 352 g/mol. The van der Waals surface area contributed by atoms with Crippen LogP contribution in [-0.4, -0.2) is 12.6 Å². The summed E-state index contributed by atoms with van der Waals surface area (Å²) in [6.07, 6.45) is 0. The van der Waals surface area contributed by atoms with E-state index in [1.165, 1.54) is 12.1 Å². The third-order valence-electron chi connectivity index (χ3n) is 2.76. The van der Waals surface area contributed by atoms with Crippen molar-refractivity contribution < 1.29 is 13.9 Å². The molecule has 110 valence electrons. The molecule has 0 heterocycles. The molecule has 0 bridgehead atoms. The summed E-state index contributed by atoms with van der Waals surface area (Å²) in [5.74, 6) is -0.764. The standard InChI is InChI=1S/C15H14BrFN2O2/c1-2-21-15(20)9-3-5-12(18)14(7-9)19-13-6-4-10(17)8-11(13)16/h3-8,19H,2,18H2,1H3. The molecular formula is C15H14BrFN2O2. The number of benzene rings is 2. The van der Waals surface area contributed by atoms with E-state index in [0.29, 0.717) is 33.7 Å². The molecular weight excluding hydrogens is 339 g/mol. The van der Waals surface area contributed by atoms with E-state index in [2.05, 4.69) is 21.2 Å². The van der Waals surface area contributed by atoms with Gasteiger partial charge in [0.05, 0.1) is 29.2 Å². The van der Waals surface area contributed by atoms with E-state index < -0.39 is 5.97 Å². The number of halogens is 2. The molecule has 6 heteroatoms. The first-order valence-electron chi connectivity index (χ1n) is 6.30. The van der Waals surface area contributed by atoms with Crippen molar-refractivity contribution in [1.29, 1.82) is 0 Å². The van der Waals surface area contributed by atoms with Crippen LogP contribution < -0.4 is 11.1 Å². The number of esters is 1. The lowest BCUT2D eigenvalue weighted by Crippen LogP contribution is -2.06. The Labute approximate surface area is 130 Å². The van der Waals surface area contributed by atoms with Crippen LogP contribution in [0.5, 0.6) is 0 Å². The summed E-state index contributed by atoms with van der Waals surface area (Å²) >= 11 is 3.27. The molecule has 0 radical (unpaired) electrons. The molecule has 0 spiro atoms. The quantitative estimate of drug-likeness (QED) is 0.642. The highest BCUT2D eigenvalue weighted by atomic mass is 79.9. The number of nitrogen functional groups attached to an aromatic ring is 1. The van der Waals surface area contributed by atoms with Gasteiger partial charge < -0.3 is 15.8 Å². The van der Waals surface area contributed by atoms with Gasteiger partial charge in [-0.05, 0) is 59.3 Å². The highest BCUT2D eigenvalue weighted by Gasteiger charge is 2.10. The summed E-state index contributed by atoms with van der Waals surface area (Å²) in [4.78, 5) is 11.7. The first kappa shape index (κ1) is 15.3. The van der Waals surface area contributed by atoms with Crippen molar-refractivity contribution in [2.45, 2.75) is 6.92 Å². The van der Waals surface area contributed by atoms with Gasteiger partial charge in [0.2, 0.25) is 0 Å². The summed E-state index contributed by atoms with van der Waals surface area (Å²) < 4.78 is 18.6. The van der Waals surface area contributed by atoms with Crippen LogP contribution in [0, 0.1) is 5.82 Å². The second-order valence-corrected chi connectivity index (χ2v) is 5.13. The summed E-state index contributed by atoms with van der Waals surface area (Å²) in [7, 11) is 0. The van der Waals surface area contributed by atoms with Crippen molar-refractivity contribution in [3.8, 4) is 0 Å². The molecule has 0 aromatic heterocycles. The maximum atomic E-state index is 13.1. The summed E-state index contributed by atoms with van der Waals surface area (Å²) in [6.45, 7) is 2.04. The Morgan fingerprint density at radius 1 is 1.29 bits per heavy atom. The van der Waals surface area contributed by atoms with Gasteiger partial charge >= 0.3 is 5.97 Å². The van der Waals surface area contributed by atoms with E-state index in [1.807, 2.05) is 0 Å². The van der Waals surface area contributed by atoms with Crippen LogP contribution in [-0.2, 0) is 4.74 Å². The Hall–Kier alpha value is -2.08. The molecule has 0 amide bonds. The molecule has 0 saturated carbocycles. The average Bonchev–Trinajstić information content (AvgIpc) is 2.44. The zero-order valence-corrected chi connectivity index (χ0v) is 12.9. The second-order valence-electron chi connectivity index (χ2n) is 4.27. The van der Waals surface area contributed by atoms with Gasteiger partial charge in [0.25, 0.3) is 0 Å². The molecule has 0 atom stereocenters. The van der Waals surface area contributed by atoms with E-state index in [-0.39, 0.29) is 5.82 Å². The molecule has 2 rings (SSSR count). The lowest BCUT2D eigenvalue weighted by molar-refractivity contribution is 0.0526. The number of nitrogens with one attached hydrogen (secondary N) is 1. The van der Waals surface area contributed by atoms with Gasteiger partial charge in [0.1, 0.15) is 5.82 Å². The zero-order valence-electron chi connectivity index (χ0n) is 11.3. The lowest BCUT2D eigenvalue weighted by atomic mass is 10.1. The largest absolute Gasteiger partial charge is 0.462 e. The van der Waals surface area contributed by atoms with Gasteiger partial charge in [-0.25, -0.2) is 9.18 Å². The molecule has 0 unspecified atom stereocenters. The summed E-state index contributed by atoms with van der Waals surface area (Å²) in [6, 6.07) is 9.06. The lowest BCUT2D eigenvalue weighted by Gasteiger charge is -2.12. The van der Waals surface area contributed by atoms with Crippen LogP contribution in [0.4, 0.5) is 21.5 Å². The minimum absolute atomic E-state index is 0.301. The molecule has 0 saturated heterocycles. The Bertz CT molecular complexity index is 677. The fourth-order valence-corrected chi connectivity index (χ4v) is 2.19. The number of carbonyl (C=O) groups excluding carboxylic acids is 1. The Morgan fingerprint density at radius 3 is 2.71 bits per heavy atom. The number of rotatable bonds is 4. The smallest absolute Gasteiger partial charge is 0.338 e. The van der Waals surface area contributed by atoms with Gasteiger partial charge in [-0.1, -0.05) is 0 Å². The number of hydrogen-bond acceptors (Lipinski definition) is 4. The molecule has 3 N–H and O–H groups in total. The van der Waals surface area contributed by atoms with Gasteiger partial charge in [-0.3, -0.25) is 0 Å². The van der Waals surface area contributed by atoms with E-state index in [1.54, 1.807) is 31.2 Å². The van der Waals surface area contributed by atoms with Crippen molar-refractivity contribution in [3.63, 3.8) is 0 Å². The van der Waals surface area contributed by atoms with E-state index in [4.69, 9.17) is 10.5 Å². The molecule has 0 aliphatic carbocycles. The van der Waals surface area contributed by atoms with Crippen LogP contribution in [0.25, 0.3) is 0 Å². The third kappa shape index (κ3) is 3.72. The van der Waals surface area contributed by atoms with Gasteiger partial charge in [-0.15, -0.1) is 0 Å². The molecule has 4 nitrogen and oxygen atoms in total. The topological polar surface area (TPSA) is 64.3 Å². The number of hydrogen-bond donors (Lipinski definition) is 2. The van der Waals surface area contributed by atoms with Crippen molar-refractivity contribution in [1.82, 2.24) is 0 Å². The Morgan fingerprint density at radius 2 is 2.05 bits per heavy atom. The molecule has 2 aromatic carbocycles. The van der Waals surface area contributed by atoms with Crippen molar-refractivity contribution >= 4 is 39.0 Å².